The van der Waals surface area contributed by atoms with E-state index in [9.17, 15) is 4.79 Å². The Morgan fingerprint density at radius 2 is 1.14 bits per heavy atom. The molecule has 0 aliphatic carbocycles. The smallest absolute Gasteiger partial charge is 0.159 e. The Bertz CT molecular complexity index is 673. The number of hydrogen-bond donors (Lipinski definition) is 0. The van der Waals surface area contributed by atoms with E-state index < -0.39 is 0 Å². The highest BCUT2D eigenvalue weighted by Gasteiger charge is 2.02. The molecule has 0 aromatic heterocycles. The predicted octanol–water partition coefficient (Wildman–Crippen LogP) is 8.57. The zero-order chi connectivity index (χ0) is 20.0. The van der Waals surface area contributed by atoms with Gasteiger partial charge >= 0.3 is 0 Å². The number of carbonyl (C=O) groups excluding carboxylic acids is 1. The maximum absolute atomic E-state index is 11.4. The summed E-state index contributed by atoms with van der Waals surface area (Å²) in [6, 6.07) is 16.7. The number of thioether (sulfide) groups is 1. The van der Waals surface area contributed by atoms with Crippen LogP contribution in [-0.2, 0) is 0 Å². The Hall–Kier alpha value is -1.54. The number of hydrogen-bond acceptors (Lipinski definition) is 2. The topological polar surface area (TPSA) is 17.1 Å². The molecular formula is C26H36OS. The summed E-state index contributed by atoms with van der Waals surface area (Å²) in [6.07, 6.45) is 13.9. The van der Waals surface area contributed by atoms with E-state index in [4.69, 9.17) is 0 Å². The minimum Gasteiger partial charge on any atom is -0.295 e. The second-order valence-electron chi connectivity index (χ2n) is 7.69. The molecule has 0 aliphatic heterocycles. The molecule has 28 heavy (non-hydrogen) atoms. The quantitative estimate of drug-likeness (QED) is 0.181. The van der Waals surface area contributed by atoms with Crippen molar-refractivity contribution < 1.29 is 4.79 Å². The Balaban J connectivity index is 1.59. The van der Waals surface area contributed by atoms with E-state index in [2.05, 4.69) is 31.2 Å². The highest BCUT2D eigenvalue weighted by molar-refractivity contribution is 7.99. The van der Waals surface area contributed by atoms with Gasteiger partial charge in [0.05, 0.1) is 0 Å². The van der Waals surface area contributed by atoms with Crippen LogP contribution in [0.5, 0.6) is 0 Å². The summed E-state index contributed by atoms with van der Waals surface area (Å²) >= 11 is 1.96. The Labute approximate surface area is 176 Å². The monoisotopic (exact) mass is 396 g/mol. The molecule has 0 saturated carbocycles. The first kappa shape index (κ1) is 22.7. The molecule has 0 N–H and O–H groups in total. The fourth-order valence-electron chi connectivity index (χ4n) is 3.42. The van der Waals surface area contributed by atoms with E-state index >= 15 is 0 Å². The standard InChI is InChI=1S/C26H36OS/c1-3-4-5-6-7-8-9-10-11-12-21-28-26-19-17-25(18-20-26)24-15-13-23(14-16-24)22(2)27/h13-20H,3-12,21H2,1-2H3. The van der Waals surface area contributed by atoms with E-state index in [-0.39, 0.29) is 5.78 Å². The van der Waals surface area contributed by atoms with Crippen molar-refractivity contribution in [1.82, 2.24) is 0 Å². The molecule has 0 saturated heterocycles. The first-order chi connectivity index (χ1) is 13.7. The highest BCUT2D eigenvalue weighted by atomic mass is 32.2. The van der Waals surface area contributed by atoms with E-state index in [0.29, 0.717) is 0 Å². The molecule has 0 fully saturated rings. The molecule has 2 aromatic carbocycles. The normalized spacial score (nSPS) is 10.9. The van der Waals surface area contributed by atoms with E-state index in [1.165, 1.54) is 80.4 Å². The summed E-state index contributed by atoms with van der Waals surface area (Å²) in [5.74, 6) is 1.33. The van der Waals surface area contributed by atoms with E-state index in [1.54, 1.807) is 6.92 Å². The molecule has 0 amide bonds. The number of carbonyl (C=O) groups is 1. The lowest BCUT2D eigenvalue weighted by molar-refractivity contribution is 0.101. The third-order valence-corrected chi connectivity index (χ3v) is 6.34. The summed E-state index contributed by atoms with van der Waals surface area (Å²) in [7, 11) is 0. The molecular weight excluding hydrogens is 360 g/mol. The molecule has 0 spiro atoms. The minimum atomic E-state index is 0.116. The van der Waals surface area contributed by atoms with Crippen LogP contribution in [0.15, 0.2) is 53.4 Å². The van der Waals surface area contributed by atoms with Crippen LogP contribution in [0, 0.1) is 0 Å². The fourth-order valence-corrected chi connectivity index (χ4v) is 4.33. The fraction of sp³-hybridized carbons (Fsp3) is 0.500. The van der Waals surface area contributed by atoms with E-state index in [0.717, 1.165) is 11.1 Å². The minimum absolute atomic E-state index is 0.116. The van der Waals surface area contributed by atoms with Crippen molar-refractivity contribution in [3.63, 3.8) is 0 Å². The lowest BCUT2D eigenvalue weighted by Crippen LogP contribution is -1.90. The van der Waals surface area contributed by atoms with Gasteiger partial charge in [0.15, 0.2) is 5.78 Å². The van der Waals surface area contributed by atoms with Crippen molar-refractivity contribution in [1.29, 1.82) is 0 Å². The molecule has 1 nitrogen and oxygen atoms in total. The molecule has 0 aliphatic rings. The summed E-state index contributed by atoms with van der Waals surface area (Å²) < 4.78 is 0. The third-order valence-electron chi connectivity index (χ3n) is 5.25. The third kappa shape index (κ3) is 8.65. The first-order valence-corrected chi connectivity index (χ1v) is 12.0. The number of unbranched alkanes of at least 4 members (excludes halogenated alkanes) is 9. The lowest BCUT2D eigenvalue weighted by Gasteiger charge is -2.06. The van der Waals surface area contributed by atoms with Crippen molar-refractivity contribution in [2.75, 3.05) is 5.75 Å². The SMILES string of the molecule is CCCCCCCCCCCCSc1ccc(-c2ccc(C(C)=O)cc2)cc1. The lowest BCUT2D eigenvalue weighted by atomic mass is 10.0. The zero-order valence-corrected chi connectivity index (χ0v) is 18.5. The molecule has 0 atom stereocenters. The molecule has 2 heteroatoms. The van der Waals surface area contributed by atoms with Crippen molar-refractivity contribution in [2.24, 2.45) is 0 Å². The molecule has 0 unspecified atom stereocenters. The Morgan fingerprint density at radius 1 is 0.679 bits per heavy atom. The zero-order valence-electron chi connectivity index (χ0n) is 17.7. The van der Waals surface area contributed by atoms with Gasteiger partial charge in [-0.05, 0) is 42.4 Å². The second kappa shape index (κ2) is 13.6. The molecule has 152 valence electrons. The van der Waals surface area contributed by atoms with Gasteiger partial charge in [0, 0.05) is 10.5 Å². The average Bonchev–Trinajstić information content (AvgIpc) is 2.72. The van der Waals surface area contributed by atoms with Crippen LogP contribution < -0.4 is 0 Å². The molecule has 0 bridgehead atoms. The largest absolute Gasteiger partial charge is 0.295 e. The van der Waals surface area contributed by atoms with Crippen LogP contribution in [0.3, 0.4) is 0 Å². The molecule has 0 heterocycles. The van der Waals surface area contributed by atoms with Gasteiger partial charge in [-0.25, -0.2) is 0 Å². The number of rotatable bonds is 14. The van der Waals surface area contributed by atoms with Crippen molar-refractivity contribution in [3.8, 4) is 11.1 Å². The van der Waals surface area contributed by atoms with Crippen LogP contribution in [0.1, 0.15) is 88.4 Å². The molecule has 2 aromatic rings. The van der Waals surface area contributed by atoms with Gasteiger partial charge in [-0.2, -0.15) is 0 Å². The highest BCUT2D eigenvalue weighted by Crippen LogP contribution is 2.25. The van der Waals surface area contributed by atoms with Gasteiger partial charge < -0.3 is 0 Å². The van der Waals surface area contributed by atoms with Crippen molar-refractivity contribution in [2.45, 2.75) is 83.0 Å². The summed E-state index contributed by atoms with van der Waals surface area (Å²) in [5.41, 5.74) is 3.14. The maximum atomic E-state index is 11.4. The van der Waals surface area contributed by atoms with Gasteiger partial charge in [0.2, 0.25) is 0 Å². The number of benzene rings is 2. The summed E-state index contributed by atoms with van der Waals surface area (Å²) in [4.78, 5) is 12.7. The van der Waals surface area contributed by atoms with Gasteiger partial charge in [-0.3, -0.25) is 4.79 Å². The second-order valence-corrected chi connectivity index (χ2v) is 8.86. The van der Waals surface area contributed by atoms with Crippen LogP contribution in [-0.4, -0.2) is 11.5 Å². The van der Waals surface area contributed by atoms with Crippen molar-refractivity contribution >= 4 is 17.5 Å². The van der Waals surface area contributed by atoms with Gasteiger partial charge in [0.1, 0.15) is 0 Å². The first-order valence-electron chi connectivity index (χ1n) is 11.0. The van der Waals surface area contributed by atoms with Crippen LogP contribution in [0.4, 0.5) is 0 Å². The number of ketones is 1. The molecule has 2 rings (SSSR count). The van der Waals surface area contributed by atoms with E-state index in [1.807, 2.05) is 36.0 Å². The Morgan fingerprint density at radius 3 is 1.64 bits per heavy atom. The maximum Gasteiger partial charge on any atom is 0.159 e. The summed E-state index contributed by atoms with van der Waals surface area (Å²) in [6.45, 7) is 3.89. The molecule has 0 radical (unpaired) electrons. The van der Waals surface area contributed by atoms with Crippen LogP contribution >= 0.6 is 11.8 Å². The Kier molecular flexibility index (Phi) is 11.1. The van der Waals surface area contributed by atoms with Gasteiger partial charge in [0.25, 0.3) is 0 Å². The van der Waals surface area contributed by atoms with Gasteiger partial charge in [-0.15, -0.1) is 11.8 Å². The predicted molar refractivity (Wildman–Crippen MR) is 124 cm³/mol. The summed E-state index contributed by atoms with van der Waals surface area (Å²) in [5, 5.41) is 0. The number of Topliss-reactive ketones (excluding diaryl/α,β-unsaturated/α-hetero) is 1. The van der Waals surface area contributed by atoms with Crippen LogP contribution in [0.25, 0.3) is 11.1 Å². The van der Waals surface area contributed by atoms with Gasteiger partial charge in [-0.1, -0.05) is 101 Å². The van der Waals surface area contributed by atoms with Crippen molar-refractivity contribution in [3.05, 3.63) is 54.1 Å². The average molecular weight is 397 g/mol. The van der Waals surface area contributed by atoms with Crippen LogP contribution in [0.2, 0.25) is 0 Å².